The van der Waals surface area contributed by atoms with Crippen LogP contribution in [0.3, 0.4) is 0 Å². The summed E-state index contributed by atoms with van der Waals surface area (Å²) < 4.78 is 0. The van der Waals surface area contributed by atoms with Gasteiger partial charge in [-0.05, 0) is 48.4 Å². The van der Waals surface area contributed by atoms with E-state index >= 15 is 0 Å². The Balaban J connectivity index is 1.81. The number of hydrazone groups is 1. The molecule has 6 heteroatoms. The fourth-order valence-corrected chi connectivity index (χ4v) is 2.73. The van der Waals surface area contributed by atoms with Gasteiger partial charge >= 0.3 is 0 Å². The number of amides is 2. The molecule has 0 unspecified atom stereocenters. The molecule has 0 aliphatic heterocycles. The van der Waals surface area contributed by atoms with Crippen LogP contribution in [0, 0.1) is 0 Å². The Morgan fingerprint density at radius 3 is 2.07 bits per heavy atom. The summed E-state index contributed by atoms with van der Waals surface area (Å²) in [6.45, 7) is 1.77. The third-order valence-electron chi connectivity index (χ3n) is 4.23. The monoisotopic (exact) mass is 417 g/mol. The van der Waals surface area contributed by atoms with Crippen LogP contribution >= 0.6 is 11.6 Å². The maximum absolute atomic E-state index is 12.8. The second kappa shape index (κ2) is 10.2. The van der Waals surface area contributed by atoms with Gasteiger partial charge in [0.1, 0.15) is 5.70 Å². The van der Waals surface area contributed by atoms with Crippen LogP contribution in [-0.2, 0) is 4.79 Å². The van der Waals surface area contributed by atoms with E-state index < -0.39 is 5.91 Å². The van der Waals surface area contributed by atoms with E-state index in [0.717, 1.165) is 11.1 Å². The molecule has 0 radical (unpaired) electrons. The van der Waals surface area contributed by atoms with E-state index in [1.54, 1.807) is 49.4 Å². The lowest BCUT2D eigenvalue weighted by molar-refractivity contribution is -0.117. The molecular weight excluding hydrogens is 398 g/mol. The van der Waals surface area contributed by atoms with Gasteiger partial charge in [-0.15, -0.1) is 0 Å². The summed E-state index contributed by atoms with van der Waals surface area (Å²) in [7, 11) is 0. The number of carbonyl (C=O) groups excluding carboxylic acids is 2. The van der Waals surface area contributed by atoms with Crippen molar-refractivity contribution in [3.8, 4) is 0 Å². The Hall–Kier alpha value is -3.70. The Bertz CT molecular complexity index is 1080. The van der Waals surface area contributed by atoms with Gasteiger partial charge < -0.3 is 5.32 Å². The molecule has 0 atom stereocenters. The van der Waals surface area contributed by atoms with Crippen molar-refractivity contribution in [2.45, 2.75) is 6.92 Å². The molecular formula is C24H20ClN3O2. The highest BCUT2D eigenvalue weighted by Crippen LogP contribution is 2.11. The van der Waals surface area contributed by atoms with E-state index in [2.05, 4.69) is 15.8 Å². The van der Waals surface area contributed by atoms with Gasteiger partial charge in [0.15, 0.2) is 0 Å². The van der Waals surface area contributed by atoms with E-state index in [-0.39, 0.29) is 11.6 Å². The zero-order valence-corrected chi connectivity index (χ0v) is 17.1. The van der Waals surface area contributed by atoms with Gasteiger partial charge in [0, 0.05) is 10.6 Å². The van der Waals surface area contributed by atoms with Gasteiger partial charge in [-0.3, -0.25) is 9.59 Å². The standard InChI is InChI=1S/C24H20ClN3O2/c1-17(19-12-14-21(25)15-13-19)27-28-24(30)22(16-18-8-4-2-5-9-18)26-23(29)20-10-6-3-7-11-20/h2-16H,1H3,(H,26,29)(H,28,30)/b22-16-,27-17-. The minimum Gasteiger partial charge on any atom is -0.317 e. The molecule has 0 bridgehead atoms. The summed E-state index contributed by atoms with van der Waals surface area (Å²) in [6.07, 6.45) is 1.60. The van der Waals surface area contributed by atoms with Crippen LogP contribution in [0.1, 0.15) is 28.4 Å². The molecule has 3 aromatic carbocycles. The molecule has 0 heterocycles. The zero-order chi connectivity index (χ0) is 21.3. The highest BCUT2D eigenvalue weighted by atomic mass is 35.5. The van der Waals surface area contributed by atoms with E-state index in [0.29, 0.717) is 16.3 Å². The first-order valence-corrected chi connectivity index (χ1v) is 9.64. The van der Waals surface area contributed by atoms with E-state index in [1.807, 2.05) is 48.5 Å². The number of nitrogens with zero attached hydrogens (tertiary/aromatic N) is 1. The van der Waals surface area contributed by atoms with Crippen molar-refractivity contribution in [1.82, 2.24) is 10.7 Å². The third-order valence-corrected chi connectivity index (χ3v) is 4.48. The molecule has 150 valence electrons. The number of hydrogen-bond acceptors (Lipinski definition) is 3. The number of hydrogen-bond donors (Lipinski definition) is 2. The molecule has 3 aromatic rings. The summed E-state index contributed by atoms with van der Waals surface area (Å²) in [6, 6.07) is 25.1. The molecule has 30 heavy (non-hydrogen) atoms. The fraction of sp³-hybridized carbons (Fsp3) is 0.0417. The van der Waals surface area contributed by atoms with Gasteiger partial charge in [0.2, 0.25) is 0 Å². The third kappa shape index (κ3) is 5.90. The molecule has 2 N–H and O–H groups in total. The number of halogens is 1. The van der Waals surface area contributed by atoms with Crippen LogP contribution in [-0.4, -0.2) is 17.5 Å². The second-order valence-corrected chi connectivity index (χ2v) is 6.87. The molecule has 0 spiro atoms. The predicted molar refractivity (Wildman–Crippen MR) is 120 cm³/mol. The van der Waals surface area contributed by atoms with Crippen molar-refractivity contribution < 1.29 is 9.59 Å². The average molecular weight is 418 g/mol. The molecule has 0 aliphatic carbocycles. The predicted octanol–water partition coefficient (Wildman–Crippen LogP) is 4.65. The smallest absolute Gasteiger partial charge is 0.287 e. The molecule has 0 saturated heterocycles. The van der Waals surface area contributed by atoms with Gasteiger partial charge in [-0.25, -0.2) is 5.43 Å². The lowest BCUT2D eigenvalue weighted by atomic mass is 10.1. The van der Waals surface area contributed by atoms with Crippen molar-refractivity contribution in [2.75, 3.05) is 0 Å². The van der Waals surface area contributed by atoms with Gasteiger partial charge in [0.05, 0.1) is 5.71 Å². The van der Waals surface area contributed by atoms with Gasteiger partial charge in [-0.2, -0.15) is 5.10 Å². The highest BCUT2D eigenvalue weighted by Gasteiger charge is 2.14. The summed E-state index contributed by atoms with van der Waals surface area (Å²) in [4.78, 5) is 25.3. The number of nitrogens with one attached hydrogen (secondary N) is 2. The number of benzene rings is 3. The molecule has 0 aromatic heterocycles. The largest absolute Gasteiger partial charge is 0.317 e. The SMILES string of the molecule is C/C(=N/NC(=O)/C(=C/c1ccccc1)NC(=O)c1ccccc1)c1ccc(Cl)cc1. The zero-order valence-electron chi connectivity index (χ0n) is 16.3. The first-order chi connectivity index (χ1) is 14.5. The number of carbonyl (C=O) groups is 2. The second-order valence-electron chi connectivity index (χ2n) is 6.43. The van der Waals surface area contributed by atoms with Crippen LogP contribution in [0.5, 0.6) is 0 Å². The quantitative estimate of drug-likeness (QED) is 0.348. The van der Waals surface area contributed by atoms with Crippen LogP contribution in [0.2, 0.25) is 5.02 Å². The Morgan fingerprint density at radius 2 is 1.43 bits per heavy atom. The highest BCUT2D eigenvalue weighted by molar-refractivity contribution is 6.30. The summed E-state index contributed by atoms with van der Waals surface area (Å²) >= 11 is 5.90. The van der Waals surface area contributed by atoms with Crippen LogP contribution in [0.4, 0.5) is 0 Å². The van der Waals surface area contributed by atoms with Crippen LogP contribution in [0.25, 0.3) is 6.08 Å². The first-order valence-electron chi connectivity index (χ1n) is 9.26. The van der Waals surface area contributed by atoms with Crippen molar-refractivity contribution in [2.24, 2.45) is 5.10 Å². The van der Waals surface area contributed by atoms with Crippen LogP contribution < -0.4 is 10.7 Å². The van der Waals surface area contributed by atoms with E-state index in [1.165, 1.54) is 0 Å². The first kappa shape index (κ1) is 21.0. The Labute approximate surface area is 180 Å². The Kier molecular flexibility index (Phi) is 7.14. The van der Waals surface area contributed by atoms with Gasteiger partial charge in [0.25, 0.3) is 11.8 Å². The normalized spacial score (nSPS) is 11.7. The lowest BCUT2D eigenvalue weighted by Gasteiger charge is -2.10. The molecule has 2 amide bonds. The summed E-state index contributed by atoms with van der Waals surface area (Å²) in [5, 5.41) is 7.44. The summed E-state index contributed by atoms with van der Waals surface area (Å²) in [5.41, 5.74) is 5.24. The Morgan fingerprint density at radius 1 is 0.833 bits per heavy atom. The van der Waals surface area contributed by atoms with Crippen molar-refractivity contribution in [3.63, 3.8) is 0 Å². The van der Waals surface area contributed by atoms with E-state index in [4.69, 9.17) is 11.6 Å². The average Bonchev–Trinajstić information content (AvgIpc) is 2.78. The van der Waals surface area contributed by atoms with Crippen molar-refractivity contribution in [1.29, 1.82) is 0 Å². The summed E-state index contributed by atoms with van der Waals surface area (Å²) in [5.74, 6) is -0.914. The minimum absolute atomic E-state index is 0.0858. The minimum atomic E-state index is -0.531. The molecule has 0 aliphatic rings. The number of rotatable bonds is 6. The van der Waals surface area contributed by atoms with Gasteiger partial charge in [-0.1, -0.05) is 72.3 Å². The van der Waals surface area contributed by atoms with Crippen LogP contribution in [0.15, 0.2) is 95.7 Å². The van der Waals surface area contributed by atoms with Crippen molar-refractivity contribution in [3.05, 3.63) is 112 Å². The molecule has 0 fully saturated rings. The maximum Gasteiger partial charge on any atom is 0.287 e. The lowest BCUT2D eigenvalue weighted by Crippen LogP contribution is -2.33. The van der Waals surface area contributed by atoms with Crippen molar-refractivity contribution >= 4 is 35.2 Å². The fourth-order valence-electron chi connectivity index (χ4n) is 2.61. The molecule has 3 rings (SSSR count). The topological polar surface area (TPSA) is 70.6 Å². The molecule has 0 saturated carbocycles. The van der Waals surface area contributed by atoms with E-state index in [9.17, 15) is 9.59 Å². The molecule has 5 nitrogen and oxygen atoms in total. The maximum atomic E-state index is 12.8.